The van der Waals surface area contributed by atoms with Gasteiger partial charge in [0.25, 0.3) is 0 Å². The number of halogens is 1. The molecule has 0 aliphatic carbocycles. The zero-order chi connectivity index (χ0) is 18.6. The smallest absolute Gasteiger partial charge is 0.424 e. The molecule has 0 fully saturated rings. The molecule has 2 heterocycles. The van der Waals surface area contributed by atoms with E-state index in [-0.39, 0.29) is 34.9 Å². The Morgan fingerprint density at radius 1 is 1.27 bits per heavy atom. The average molecular weight is 355 g/mol. The molecule has 6 heteroatoms. The summed E-state index contributed by atoms with van der Waals surface area (Å²) >= 11 is 0. The molecule has 134 valence electrons. The van der Waals surface area contributed by atoms with Crippen molar-refractivity contribution in [1.82, 2.24) is 4.57 Å². The molecule has 26 heavy (non-hydrogen) atoms. The second-order valence-electron chi connectivity index (χ2n) is 6.69. The number of aromatic hydroxyl groups is 1. The fourth-order valence-corrected chi connectivity index (χ4v) is 3.37. The molecule has 0 amide bonds. The molecule has 1 N–H and O–H groups in total. The van der Waals surface area contributed by atoms with E-state index in [0.29, 0.717) is 22.2 Å². The van der Waals surface area contributed by atoms with Crippen LogP contribution in [0, 0.1) is 5.82 Å². The largest absolute Gasteiger partial charge is 0.507 e. The van der Waals surface area contributed by atoms with Crippen LogP contribution in [0.4, 0.5) is 4.39 Å². The van der Waals surface area contributed by atoms with Gasteiger partial charge in [0.05, 0.1) is 11.7 Å². The van der Waals surface area contributed by atoms with Crippen molar-refractivity contribution in [2.24, 2.45) is 0 Å². The minimum atomic E-state index is -0.548. The van der Waals surface area contributed by atoms with Crippen LogP contribution in [0.5, 0.6) is 11.5 Å². The first kappa shape index (κ1) is 16.4. The van der Waals surface area contributed by atoms with Gasteiger partial charge in [0, 0.05) is 17.7 Å². The highest BCUT2D eigenvalue weighted by atomic mass is 19.1. The number of phenolic OH excluding ortho intramolecular Hbond substituents is 1. The van der Waals surface area contributed by atoms with Crippen LogP contribution < -0.4 is 10.5 Å². The Balaban J connectivity index is 2.16. The highest BCUT2D eigenvalue weighted by Gasteiger charge is 2.31. The first-order chi connectivity index (χ1) is 12.4. The van der Waals surface area contributed by atoms with Gasteiger partial charge < -0.3 is 14.3 Å². The maximum atomic E-state index is 13.4. The monoisotopic (exact) mass is 355 g/mol. The standard InChI is InChI=1S/C20H18FNO4/c1-10(2)25-18-15(12-4-6-13(21)7-5-12)17(23)14-11(3)8-9-22-16(14)19(18)26-20(22)24/h4-11,23H,1-3H3. The zero-order valence-electron chi connectivity index (χ0n) is 14.6. The number of rotatable bonds is 3. The van der Waals surface area contributed by atoms with Gasteiger partial charge in [-0.05, 0) is 31.5 Å². The SMILES string of the molecule is CC(C)Oc1c(-c2ccc(F)cc2)c(O)c2c3c1oc(=O)n3C=CC2C. The number of phenols is 1. The Hall–Kier alpha value is -3.02. The lowest BCUT2D eigenvalue weighted by molar-refractivity contribution is 0.242. The maximum absolute atomic E-state index is 13.4. The van der Waals surface area contributed by atoms with Crippen LogP contribution in [0.15, 0.2) is 39.6 Å². The molecular weight excluding hydrogens is 337 g/mol. The van der Waals surface area contributed by atoms with Gasteiger partial charge in [-0.3, -0.25) is 0 Å². The summed E-state index contributed by atoms with van der Waals surface area (Å²) < 4.78 is 26.1. The number of hydrogen-bond acceptors (Lipinski definition) is 4. The fourth-order valence-electron chi connectivity index (χ4n) is 3.37. The summed E-state index contributed by atoms with van der Waals surface area (Å²) in [5.41, 5.74) is 2.35. The van der Waals surface area contributed by atoms with Crippen LogP contribution in [-0.2, 0) is 0 Å². The lowest BCUT2D eigenvalue weighted by atomic mass is 9.91. The zero-order valence-corrected chi connectivity index (χ0v) is 14.6. The van der Waals surface area contributed by atoms with Crippen LogP contribution in [0.1, 0.15) is 32.3 Å². The normalized spacial score (nSPS) is 15.8. The van der Waals surface area contributed by atoms with Gasteiger partial charge in [-0.1, -0.05) is 25.1 Å². The molecule has 1 aliphatic heterocycles. The lowest BCUT2D eigenvalue weighted by Crippen LogP contribution is -2.13. The molecule has 4 rings (SSSR count). The summed E-state index contributed by atoms with van der Waals surface area (Å²) in [6.45, 7) is 5.60. The van der Waals surface area contributed by atoms with Crippen LogP contribution in [0.25, 0.3) is 28.4 Å². The molecule has 3 aromatic rings. The third-order valence-corrected chi connectivity index (χ3v) is 4.49. The first-order valence-corrected chi connectivity index (χ1v) is 8.43. The summed E-state index contributed by atoms with van der Waals surface area (Å²) in [5.74, 6) is -0.765. The van der Waals surface area contributed by atoms with E-state index in [1.807, 2.05) is 26.8 Å². The highest BCUT2D eigenvalue weighted by molar-refractivity contribution is 5.98. The number of ether oxygens (including phenoxy) is 1. The number of benzene rings is 2. The number of allylic oxidation sites excluding steroid dienone is 1. The molecule has 1 aromatic heterocycles. The molecule has 1 atom stereocenters. The Kier molecular flexibility index (Phi) is 3.64. The van der Waals surface area contributed by atoms with Gasteiger partial charge in [-0.25, -0.2) is 13.8 Å². The number of aromatic nitrogens is 1. The number of nitrogens with zero attached hydrogens (tertiary/aromatic N) is 1. The predicted molar refractivity (Wildman–Crippen MR) is 97.0 cm³/mol. The van der Waals surface area contributed by atoms with Crippen LogP contribution >= 0.6 is 0 Å². The lowest BCUT2D eigenvalue weighted by Gasteiger charge is -2.22. The molecule has 0 saturated heterocycles. The quantitative estimate of drug-likeness (QED) is 0.752. The van der Waals surface area contributed by atoms with Crippen molar-refractivity contribution in [1.29, 1.82) is 0 Å². The van der Waals surface area contributed by atoms with Crippen LogP contribution in [0.3, 0.4) is 0 Å². The first-order valence-electron chi connectivity index (χ1n) is 8.43. The van der Waals surface area contributed by atoms with Crippen LogP contribution in [-0.4, -0.2) is 15.8 Å². The van der Waals surface area contributed by atoms with Crippen molar-refractivity contribution in [3.63, 3.8) is 0 Å². The summed E-state index contributed by atoms with van der Waals surface area (Å²) in [6, 6.07) is 5.76. The van der Waals surface area contributed by atoms with Gasteiger partial charge in [-0.15, -0.1) is 0 Å². The van der Waals surface area contributed by atoms with Gasteiger partial charge in [0.2, 0.25) is 0 Å². The second kappa shape index (κ2) is 5.76. The molecule has 0 bridgehead atoms. The third-order valence-electron chi connectivity index (χ3n) is 4.49. The van der Waals surface area contributed by atoms with Crippen molar-refractivity contribution in [2.75, 3.05) is 0 Å². The Labute approximate surface area is 148 Å². The average Bonchev–Trinajstić information content (AvgIpc) is 2.91. The van der Waals surface area contributed by atoms with Crippen molar-refractivity contribution in [3.8, 4) is 22.6 Å². The van der Waals surface area contributed by atoms with Crippen molar-refractivity contribution < 1.29 is 18.7 Å². The molecular formula is C20H18FNO4. The predicted octanol–water partition coefficient (Wildman–Crippen LogP) is 4.48. The summed E-state index contributed by atoms with van der Waals surface area (Å²) in [7, 11) is 0. The van der Waals surface area contributed by atoms with Gasteiger partial charge in [0.15, 0.2) is 11.3 Å². The number of oxazole rings is 1. The minimum Gasteiger partial charge on any atom is -0.507 e. The summed E-state index contributed by atoms with van der Waals surface area (Å²) in [6.07, 6.45) is 3.24. The number of hydrogen-bond donors (Lipinski definition) is 1. The summed E-state index contributed by atoms with van der Waals surface area (Å²) in [5, 5.41) is 11.1. The van der Waals surface area contributed by atoms with Gasteiger partial charge >= 0.3 is 5.76 Å². The van der Waals surface area contributed by atoms with E-state index in [0.717, 1.165) is 0 Å². The molecule has 1 aliphatic rings. The van der Waals surface area contributed by atoms with Crippen molar-refractivity contribution in [3.05, 3.63) is 52.3 Å². The molecule has 0 saturated carbocycles. The Morgan fingerprint density at radius 2 is 1.96 bits per heavy atom. The highest BCUT2D eigenvalue weighted by Crippen LogP contribution is 2.50. The van der Waals surface area contributed by atoms with Gasteiger partial charge in [0.1, 0.15) is 17.1 Å². The fraction of sp³-hybridized carbons (Fsp3) is 0.250. The maximum Gasteiger partial charge on any atom is 0.424 e. The van der Waals surface area contributed by atoms with Gasteiger partial charge in [-0.2, -0.15) is 0 Å². The van der Waals surface area contributed by atoms with E-state index >= 15 is 0 Å². The van der Waals surface area contributed by atoms with E-state index in [4.69, 9.17) is 9.15 Å². The van der Waals surface area contributed by atoms with E-state index in [2.05, 4.69) is 0 Å². The van der Waals surface area contributed by atoms with E-state index in [9.17, 15) is 14.3 Å². The van der Waals surface area contributed by atoms with Crippen LogP contribution in [0.2, 0.25) is 0 Å². The molecule has 1 unspecified atom stereocenters. The second-order valence-corrected chi connectivity index (χ2v) is 6.69. The third kappa shape index (κ3) is 2.33. The van der Waals surface area contributed by atoms with E-state index < -0.39 is 5.76 Å². The Morgan fingerprint density at radius 3 is 2.62 bits per heavy atom. The van der Waals surface area contributed by atoms with E-state index in [1.165, 1.54) is 16.7 Å². The summed E-state index contributed by atoms with van der Waals surface area (Å²) in [4.78, 5) is 12.3. The molecule has 2 aromatic carbocycles. The molecule has 0 radical (unpaired) electrons. The van der Waals surface area contributed by atoms with E-state index in [1.54, 1.807) is 18.3 Å². The molecule has 5 nitrogen and oxygen atoms in total. The van der Waals surface area contributed by atoms with Crippen molar-refractivity contribution in [2.45, 2.75) is 32.8 Å². The minimum absolute atomic E-state index is 0.00570. The topological polar surface area (TPSA) is 64.6 Å². The molecule has 0 spiro atoms. The van der Waals surface area contributed by atoms with Crippen molar-refractivity contribution >= 4 is 17.3 Å². The Bertz CT molecular complexity index is 1090.